The van der Waals surface area contributed by atoms with E-state index in [1.807, 2.05) is 4.68 Å². The van der Waals surface area contributed by atoms with Gasteiger partial charge in [0.1, 0.15) is 0 Å². The number of hydrogen-bond acceptors (Lipinski definition) is 4. The van der Waals surface area contributed by atoms with Crippen molar-refractivity contribution in [2.75, 3.05) is 6.54 Å². The lowest BCUT2D eigenvalue weighted by atomic mass is 10.1. The van der Waals surface area contributed by atoms with Gasteiger partial charge in [-0.3, -0.25) is 0 Å². The molecule has 0 bridgehead atoms. The highest BCUT2D eigenvalue weighted by molar-refractivity contribution is 4.96. The van der Waals surface area contributed by atoms with E-state index in [0.717, 1.165) is 31.4 Å². The Labute approximate surface area is 103 Å². The van der Waals surface area contributed by atoms with Crippen molar-refractivity contribution in [1.29, 1.82) is 0 Å². The molecule has 1 aromatic heterocycles. The summed E-state index contributed by atoms with van der Waals surface area (Å²) in [5.41, 5.74) is 0.481. The van der Waals surface area contributed by atoms with E-state index in [1.54, 1.807) is 0 Å². The maximum Gasteiger partial charge on any atom is 0.165 e. The smallest absolute Gasteiger partial charge is 0.165 e. The standard InChI is InChI=1S/C12H23N5/c1-9(2)6-13-7-11-14-15-16-17(11)8-10-5-12(10,3)4/h9-10,13H,5-8H2,1-4H3. The fraction of sp³-hybridized carbons (Fsp3) is 0.917. The zero-order valence-electron chi connectivity index (χ0n) is 11.3. The van der Waals surface area contributed by atoms with Gasteiger partial charge in [-0.05, 0) is 40.6 Å². The summed E-state index contributed by atoms with van der Waals surface area (Å²) in [5, 5.41) is 15.3. The molecule has 96 valence electrons. The van der Waals surface area contributed by atoms with Crippen LogP contribution in [0, 0.1) is 17.3 Å². The average molecular weight is 237 g/mol. The summed E-state index contributed by atoms with van der Waals surface area (Å²) in [6, 6.07) is 0. The lowest BCUT2D eigenvalue weighted by Crippen LogP contribution is -2.22. The van der Waals surface area contributed by atoms with Crippen LogP contribution in [0.3, 0.4) is 0 Å². The Bertz CT molecular complexity index is 369. The van der Waals surface area contributed by atoms with Crippen LogP contribution in [0.1, 0.15) is 39.9 Å². The maximum absolute atomic E-state index is 4.08. The first-order valence-electron chi connectivity index (χ1n) is 6.45. The molecule has 1 fully saturated rings. The highest BCUT2D eigenvalue weighted by atomic mass is 15.5. The molecule has 5 nitrogen and oxygen atoms in total. The second-order valence-corrected chi connectivity index (χ2v) is 6.19. The molecule has 0 spiro atoms. The van der Waals surface area contributed by atoms with E-state index < -0.39 is 0 Å². The molecule has 0 amide bonds. The van der Waals surface area contributed by atoms with Gasteiger partial charge >= 0.3 is 0 Å². The molecular formula is C12H23N5. The zero-order valence-corrected chi connectivity index (χ0v) is 11.3. The quantitative estimate of drug-likeness (QED) is 0.814. The molecule has 1 heterocycles. The summed E-state index contributed by atoms with van der Waals surface area (Å²) in [6.07, 6.45) is 1.28. The van der Waals surface area contributed by atoms with Crippen molar-refractivity contribution in [3.8, 4) is 0 Å². The molecule has 1 N–H and O–H groups in total. The number of hydrogen-bond donors (Lipinski definition) is 1. The van der Waals surface area contributed by atoms with Crippen molar-refractivity contribution in [2.24, 2.45) is 17.3 Å². The minimum atomic E-state index is 0.481. The number of nitrogens with one attached hydrogen (secondary N) is 1. The first-order chi connectivity index (χ1) is 7.99. The normalized spacial score (nSPS) is 22.1. The average Bonchev–Trinajstić information content (AvgIpc) is 2.64. The van der Waals surface area contributed by atoms with Gasteiger partial charge in [0.05, 0.1) is 6.54 Å². The predicted molar refractivity (Wildman–Crippen MR) is 66.2 cm³/mol. The van der Waals surface area contributed by atoms with Gasteiger partial charge < -0.3 is 5.32 Å². The summed E-state index contributed by atoms with van der Waals surface area (Å²) >= 11 is 0. The Morgan fingerprint density at radius 1 is 1.47 bits per heavy atom. The third-order valence-corrected chi connectivity index (χ3v) is 3.55. The fourth-order valence-corrected chi connectivity index (χ4v) is 2.06. The summed E-state index contributed by atoms with van der Waals surface area (Å²) in [4.78, 5) is 0. The monoisotopic (exact) mass is 237 g/mol. The molecule has 0 saturated heterocycles. The molecule has 1 aromatic rings. The molecule has 1 aliphatic rings. The van der Waals surface area contributed by atoms with E-state index in [4.69, 9.17) is 0 Å². The van der Waals surface area contributed by atoms with Gasteiger partial charge in [0.2, 0.25) is 0 Å². The fourth-order valence-electron chi connectivity index (χ4n) is 2.06. The molecule has 0 aliphatic heterocycles. The predicted octanol–water partition coefficient (Wildman–Crippen LogP) is 1.46. The van der Waals surface area contributed by atoms with Crippen molar-refractivity contribution in [3.63, 3.8) is 0 Å². The van der Waals surface area contributed by atoms with Crippen LogP contribution in [0.15, 0.2) is 0 Å². The SMILES string of the molecule is CC(C)CNCc1nnnn1CC1CC1(C)C. The summed E-state index contributed by atoms with van der Waals surface area (Å²) < 4.78 is 1.95. The van der Waals surface area contributed by atoms with Crippen LogP contribution in [0.25, 0.3) is 0 Å². The molecule has 17 heavy (non-hydrogen) atoms. The van der Waals surface area contributed by atoms with Crippen LogP contribution in [0.2, 0.25) is 0 Å². The van der Waals surface area contributed by atoms with Gasteiger partial charge in [0.15, 0.2) is 5.82 Å². The summed E-state index contributed by atoms with van der Waals surface area (Å²) in [5.74, 6) is 2.34. The number of rotatable bonds is 6. The van der Waals surface area contributed by atoms with Gasteiger partial charge in [0, 0.05) is 6.54 Å². The lowest BCUT2D eigenvalue weighted by Gasteiger charge is -2.08. The molecule has 1 unspecified atom stereocenters. The number of nitrogens with zero attached hydrogens (tertiary/aromatic N) is 4. The van der Waals surface area contributed by atoms with Gasteiger partial charge in [-0.15, -0.1) is 5.10 Å². The van der Waals surface area contributed by atoms with Crippen LogP contribution in [-0.4, -0.2) is 26.8 Å². The van der Waals surface area contributed by atoms with E-state index in [2.05, 4.69) is 48.5 Å². The third-order valence-electron chi connectivity index (χ3n) is 3.55. The van der Waals surface area contributed by atoms with Gasteiger partial charge in [-0.2, -0.15) is 0 Å². The lowest BCUT2D eigenvalue weighted by molar-refractivity contribution is 0.444. The Morgan fingerprint density at radius 3 is 2.76 bits per heavy atom. The van der Waals surface area contributed by atoms with Crippen LogP contribution < -0.4 is 5.32 Å². The van der Waals surface area contributed by atoms with Crippen molar-refractivity contribution < 1.29 is 0 Å². The minimum Gasteiger partial charge on any atom is -0.310 e. The highest BCUT2D eigenvalue weighted by Gasteiger charge is 2.45. The van der Waals surface area contributed by atoms with E-state index in [0.29, 0.717) is 11.3 Å². The number of tetrazole rings is 1. The summed E-state index contributed by atoms with van der Waals surface area (Å²) in [7, 11) is 0. The van der Waals surface area contributed by atoms with E-state index >= 15 is 0 Å². The maximum atomic E-state index is 4.08. The van der Waals surface area contributed by atoms with E-state index in [-0.39, 0.29) is 0 Å². The molecule has 0 aromatic carbocycles. The topological polar surface area (TPSA) is 55.6 Å². The Hall–Kier alpha value is -0.970. The largest absolute Gasteiger partial charge is 0.310 e. The van der Waals surface area contributed by atoms with Crippen molar-refractivity contribution in [3.05, 3.63) is 5.82 Å². The second kappa shape index (κ2) is 4.72. The van der Waals surface area contributed by atoms with Crippen LogP contribution in [0.5, 0.6) is 0 Å². The Kier molecular flexibility index (Phi) is 3.47. The van der Waals surface area contributed by atoms with E-state index in [1.165, 1.54) is 6.42 Å². The second-order valence-electron chi connectivity index (χ2n) is 6.19. The van der Waals surface area contributed by atoms with Crippen LogP contribution in [0.4, 0.5) is 0 Å². The molecule has 1 saturated carbocycles. The molecule has 5 heteroatoms. The molecule has 1 aliphatic carbocycles. The van der Waals surface area contributed by atoms with Gasteiger partial charge in [-0.25, -0.2) is 4.68 Å². The van der Waals surface area contributed by atoms with Crippen LogP contribution in [-0.2, 0) is 13.1 Å². The summed E-state index contributed by atoms with van der Waals surface area (Å²) in [6.45, 7) is 11.7. The van der Waals surface area contributed by atoms with E-state index in [9.17, 15) is 0 Å². The molecule has 0 radical (unpaired) electrons. The van der Waals surface area contributed by atoms with Gasteiger partial charge in [0.25, 0.3) is 0 Å². The first-order valence-corrected chi connectivity index (χ1v) is 6.45. The Morgan fingerprint density at radius 2 is 2.18 bits per heavy atom. The van der Waals surface area contributed by atoms with Gasteiger partial charge in [-0.1, -0.05) is 27.7 Å². The molecular weight excluding hydrogens is 214 g/mol. The van der Waals surface area contributed by atoms with Crippen molar-refractivity contribution >= 4 is 0 Å². The number of aromatic nitrogens is 4. The highest BCUT2D eigenvalue weighted by Crippen LogP contribution is 2.52. The molecule has 1 atom stereocenters. The van der Waals surface area contributed by atoms with Crippen molar-refractivity contribution in [1.82, 2.24) is 25.5 Å². The molecule has 2 rings (SSSR count). The first kappa shape index (κ1) is 12.5. The zero-order chi connectivity index (χ0) is 12.5. The van der Waals surface area contributed by atoms with Crippen LogP contribution >= 0.6 is 0 Å². The third kappa shape index (κ3) is 3.25. The minimum absolute atomic E-state index is 0.481. The van der Waals surface area contributed by atoms with Crippen molar-refractivity contribution in [2.45, 2.75) is 47.2 Å². The Balaban J connectivity index is 1.84.